The van der Waals surface area contributed by atoms with E-state index in [0.29, 0.717) is 23.2 Å². The van der Waals surface area contributed by atoms with Crippen molar-refractivity contribution in [2.24, 2.45) is 0 Å². The van der Waals surface area contributed by atoms with Gasteiger partial charge in [-0.3, -0.25) is 0 Å². The highest BCUT2D eigenvalue weighted by atomic mass is 35.5. The van der Waals surface area contributed by atoms with E-state index in [1.165, 1.54) is 15.6 Å². The molecule has 7 heteroatoms. The Morgan fingerprint density at radius 3 is 2.79 bits per heavy atom. The molecule has 1 aromatic heterocycles. The summed E-state index contributed by atoms with van der Waals surface area (Å²) in [7, 11) is -3.41. The molecule has 19 heavy (non-hydrogen) atoms. The summed E-state index contributed by atoms with van der Waals surface area (Å²) in [6, 6.07) is 3.56. The van der Waals surface area contributed by atoms with Gasteiger partial charge in [0.15, 0.2) is 0 Å². The van der Waals surface area contributed by atoms with Gasteiger partial charge in [0.25, 0.3) is 10.0 Å². The van der Waals surface area contributed by atoms with Crippen LogP contribution in [0.3, 0.4) is 0 Å². The van der Waals surface area contributed by atoms with Crippen molar-refractivity contribution in [3.63, 3.8) is 0 Å². The summed E-state index contributed by atoms with van der Waals surface area (Å²) in [5.41, 5.74) is 0. The van der Waals surface area contributed by atoms with Gasteiger partial charge in [-0.15, -0.1) is 22.9 Å². The molecule has 2 unspecified atom stereocenters. The molecule has 1 aliphatic heterocycles. The molecule has 0 N–H and O–H groups in total. The van der Waals surface area contributed by atoms with Gasteiger partial charge in [0.05, 0.1) is 12.2 Å². The van der Waals surface area contributed by atoms with Crippen LogP contribution in [-0.2, 0) is 21.2 Å². The first-order valence-corrected chi connectivity index (χ1v) is 9.06. The van der Waals surface area contributed by atoms with Crippen LogP contribution in [0.5, 0.6) is 0 Å². The zero-order valence-electron chi connectivity index (χ0n) is 11.0. The van der Waals surface area contributed by atoms with Crippen LogP contribution in [0, 0.1) is 0 Å². The maximum atomic E-state index is 12.6. The van der Waals surface area contributed by atoms with Crippen molar-refractivity contribution in [1.82, 2.24) is 4.31 Å². The highest BCUT2D eigenvalue weighted by molar-refractivity contribution is 7.91. The largest absolute Gasteiger partial charge is 0.371 e. The number of aryl methyl sites for hydroxylation is 1. The zero-order chi connectivity index (χ0) is 14.0. The summed E-state index contributed by atoms with van der Waals surface area (Å²) in [5, 5.41) is 0. The number of morpholine rings is 1. The number of ether oxygens (including phenoxy) is 1. The number of hydrogen-bond donors (Lipinski definition) is 0. The summed E-state index contributed by atoms with van der Waals surface area (Å²) in [4.78, 5) is 1.08. The first-order valence-electron chi connectivity index (χ1n) is 6.27. The molecular weight excluding hydrogens is 306 g/mol. The smallest absolute Gasteiger partial charge is 0.252 e. The Morgan fingerprint density at radius 1 is 1.47 bits per heavy atom. The summed E-state index contributed by atoms with van der Waals surface area (Å²) in [6.07, 6.45) is 0.493. The topological polar surface area (TPSA) is 46.6 Å². The van der Waals surface area contributed by atoms with Crippen molar-refractivity contribution in [3.8, 4) is 0 Å². The lowest BCUT2D eigenvalue weighted by molar-refractivity contribution is -0.0422. The molecule has 0 amide bonds. The van der Waals surface area contributed by atoms with Crippen LogP contribution in [0.25, 0.3) is 0 Å². The molecule has 0 aromatic carbocycles. The average Bonchev–Trinajstić information content (AvgIpc) is 2.87. The van der Waals surface area contributed by atoms with E-state index in [2.05, 4.69) is 0 Å². The minimum Gasteiger partial charge on any atom is -0.371 e. The lowest BCUT2D eigenvalue weighted by Crippen LogP contribution is -2.49. The lowest BCUT2D eigenvalue weighted by atomic mass is 10.3. The molecule has 2 rings (SSSR count). The van der Waals surface area contributed by atoms with Crippen molar-refractivity contribution >= 4 is 33.0 Å². The van der Waals surface area contributed by atoms with Crippen molar-refractivity contribution in [1.29, 1.82) is 0 Å². The van der Waals surface area contributed by atoms with Crippen LogP contribution < -0.4 is 0 Å². The fourth-order valence-corrected chi connectivity index (χ4v) is 5.27. The van der Waals surface area contributed by atoms with Crippen LogP contribution in [-0.4, -0.2) is 43.9 Å². The molecule has 0 bridgehead atoms. The second-order valence-corrected chi connectivity index (χ2v) is 8.26. The van der Waals surface area contributed by atoms with Gasteiger partial charge in [0, 0.05) is 23.8 Å². The second kappa shape index (κ2) is 6.10. The molecule has 0 saturated carbocycles. The fraction of sp³-hybridized carbons (Fsp3) is 0.667. The maximum Gasteiger partial charge on any atom is 0.252 e. The highest BCUT2D eigenvalue weighted by Gasteiger charge is 2.34. The Kier molecular flexibility index (Phi) is 4.89. The Hall–Kier alpha value is -0.140. The quantitative estimate of drug-likeness (QED) is 0.799. The predicted molar refractivity (Wildman–Crippen MR) is 77.5 cm³/mol. The Morgan fingerprint density at radius 2 is 2.21 bits per heavy atom. The minimum atomic E-state index is -3.41. The molecule has 1 aromatic rings. The minimum absolute atomic E-state index is 0.127. The third-order valence-electron chi connectivity index (χ3n) is 3.04. The third-order valence-corrected chi connectivity index (χ3v) is 6.92. The van der Waals surface area contributed by atoms with Gasteiger partial charge in [-0.25, -0.2) is 8.42 Å². The number of nitrogens with zero attached hydrogens (tertiary/aromatic N) is 1. The molecule has 1 saturated heterocycles. The van der Waals surface area contributed by atoms with Gasteiger partial charge < -0.3 is 4.74 Å². The monoisotopic (exact) mass is 323 g/mol. The lowest BCUT2D eigenvalue weighted by Gasteiger charge is -2.34. The van der Waals surface area contributed by atoms with E-state index in [9.17, 15) is 8.42 Å². The van der Waals surface area contributed by atoms with E-state index in [4.69, 9.17) is 16.3 Å². The standard InChI is InChI=1S/C12H18ClNO3S2/c1-3-11-4-5-12(18-11)19(15,16)14-7-9(2)17-10(6-13)8-14/h4-5,9-10H,3,6-8H2,1-2H3. The van der Waals surface area contributed by atoms with Gasteiger partial charge in [-0.1, -0.05) is 6.92 Å². The normalized spacial score (nSPS) is 25.6. The van der Waals surface area contributed by atoms with Crippen molar-refractivity contribution in [2.45, 2.75) is 36.7 Å². The molecular formula is C12H18ClNO3S2. The Bertz CT molecular complexity index is 529. The molecule has 0 spiro atoms. The number of thiophene rings is 1. The summed E-state index contributed by atoms with van der Waals surface area (Å²) < 4.78 is 32.6. The van der Waals surface area contributed by atoms with Gasteiger partial charge >= 0.3 is 0 Å². The third kappa shape index (κ3) is 3.31. The molecule has 0 aliphatic carbocycles. The summed E-state index contributed by atoms with van der Waals surface area (Å²) >= 11 is 7.13. The van der Waals surface area contributed by atoms with Gasteiger partial charge in [-0.2, -0.15) is 4.31 Å². The molecule has 1 fully saturated rings. The van der Waals surface area contributed by atoms with Crippen molar-refractivity contribution < 1.29 is 13.2 Å². The van der Waals surface area contributed by atoms with E-state index < -0.39 is 10.0 Å². The van der Waals surface area contributed by atoms with Crippen LogP contribution in [0.1, 0.15) is 18.7 Å². The SMILES string of the molecule is CCc1ccc(S(=O)(=O)N2CC(C)OC(CCl)C2)s1. The highest BCUT2D eigenvalue weighted by Crippen LogP contribution is 2.27. The molecule has 1 aliphatic rings. The van der Waals surface area contributed by atoms with E-state index in [0.717, 1.165) is 11.3 Å². The number of sulfonamides is 1. The Balaban J connectivity index is 2.23. The second-order valence-electron chi connectivity index (χ2n) is 4.62. The van der Waals surface area contributed by atoms with Gasteiger partial charge in [0.1, 0.15) is 4.21 Å². The number of alkyl halides is 1. The van der Waals surface area contributed by atoms with E-state index in [1.807, 2.05) is 19.9 Å². The maximum absolute atomic E-state index is 12.6. The Labute approximate surface area is 123 Å². The van der Waals surface area contributed by atoms with E-state index in [-0.39, 0.29) is 12.2 Å². The summed E-state index contributed by atoms with van der Waals surface area (Å²) in [6.45, 7) is 4.60. The molecule has 0 radical (unpaired) electrons. The van der Waals surface area contributed by atoms with Gasteiger partial charge in [-0.05, 0) is 25.5 Å². The van der Waals surface area contributed by atoms with Gasteiger partial charge in [0.2, 0.25) is 0 Å². The first kappa shape index (κ1) is 15.3. The number of hydrogen-bond acceptors (Lipinski definition) is 4. The molecule has 2 heterocycles. The predicted octanol–water partition coefficient (Wildman–Crippen LogP) is 2.33. The fourth-order valence-electron chi connectivity index (χ4n) is 2.10. The zero-order valence-corrected chi connectivity index (χ0v) is 13.4. The van der Waals surface area contributed by atoms with Crippen molar-refractivity contribution in [3.05, 3.63) is 17.0 Å². The molecule has 4 nitrogen and oxygen atoms in total. The average molecular weight is 324 g/mol. The first-order chi connectivity index (χ1) is 8.97. The molecule has 2 atom stereocenters. The number of rotatable bonds is 4. The molecule has 108 valence electrons. The van der Waals surface area contributed by atoms with Crippen LogP contribution in [0.15, 0.2) is 16.3 Å². The van der Waals surface area contributed by atoms with Crippen LogP contribution in [0.2, 0.25) is 0 Å². The number of halogens is 1. The van der Waals surface area contributed by atoms with E-state index in [1.54, 1.807) is 6.07 Å². The van der Waals surface area contributed by atoms with E-state index >= 15 is 0 Å². The summed E-state index contributed by atoms with van der Waals surface area (Å²) in [5.74, 6) is 0.307. The van der Waals surface area contributed by atoms with Crippen molar-refractivity contribution in [2.75, 3.05) is 19.0 Å². The van der Waals surface area contributed by atoms with Crippen LogP contribution >= 0.6 is 22.9 Å². The van der Waals surface area contributed by atoms with Crippen LogP contribution in [0.4, 0.5) is 0 Å².